The number of aryl methyl sites for hydroxylation is 1. The van der Waals surface area contributed by atoms with E-state index in [1.54, 1.807) is 29.2 Å². The third-order valence-electron chi connectivity index (χ3n) is 9.86. The number of nitrogens with zero attached hydrogens (tertiary/aromatic N) is 2. The second-order valence-electron chi connectivity index (χ2n) is 12.1. The van der Waals surface area contributed by atoms with Crippen LogP contribution in [0.4, 0.5) is 11.4 Å². The molecule has 0 unspecified atom stereocenters. The Bertz CT molecular complexity index is 1770. The molecule has 5 aliphatic rings. The number of hydrogen-bond donors (Lipinski definition) is 0. The molecule has 0 aromatic heterocycles. The first-order valence-electron chi connectivity index (χ1n) is 15.2. The lowest BCUT2D eigenvalue weighted by Crippen LogP contribution is -2.41. The molecule has 3 amide bonds. The molecule has 0 N–H and O–H groups in total. The zero-order chi connectivity index (χ0) is 30.1. The minimum absolute atomic E-state index is 0.0624. The normalized spacial score (nSPS) is 24.8. The molecule has 2 heterocycles. The Kier molecular flexibility index (Phi) is 6.05. The summed E-state index contributed by atoms with van der Waals surface area (Å²) >= 11 is 0. The van der Waals surface area contributed by atoms with Crippen LogP contribution >= 0.6 is 0 Å². The number of benzene rings is 4. The molecule has 2 aliphatic heterocycles. The van der Waals surface area contributed by atoms with Gasteiger partial charge in [0.1, 0.15) is 5.75 Å². The summed E-state index contributed by atoms with van der Waals surface area (Å²) in [4.78, 5) is 57.3. The predicted molar refractivity (Wildman–Crippen MR) is 164 cm³/mol. The number of hydrogen-bond acceptors (Lipinski definition) is 5. The van der Waals surface area contributed by atoms with Gasteiger partial charge >= 0.3 is 5.97 Å². The molecule has 0 radical (unpaired) electrons. The van der Waals surface area contributed by atoms with Gasteiger partial charge in [0, 0.05) is 36.6 Å². The van der Waals surface area contributed by atoms with E-state index < -0.39 is 23.7 Å². The number of rotatable bonds is 5. The molecule has 3 atom stereocenters. The van der Waals surface area contributed by atoms with Crippen LogP contribution in [0.25, 0.3) is 0 Å². The average Bonchev–Trinajstić information content (AvgIpc) is 3.57. The molecular formula is C37H30N2O5. The summed E-state index contributed by atoms with van der Waals surface area (Å²) in [6, 6.07) is 30.6. The molecule has 9 rings (SSSR count). The number of ether oxygens (including phenoxy) is 1. The van der Waals surface area contributed by atoms with Crippen molar-refractivity contribution in [2.24, 2.45) is 17.8 Å². The first-order valence-corrected chi connectivity index (χ1v) is 15.2. The van der Waals surface area contributed by atoms with Gasteiger partial charge in [0.2, 0.25) is 17.7 Å². The molecule has 2 fully saturated rings. The summed E-state index contributed by atoms with van der Waals surface area (Å²) in [6.45, 7) is 2.27. The van der Waals surface area contributed by atoms with E-state index in [4.69, 9.17) is 4.74 Å². The lowest BCUT2D eigenvalue weighted by Gasteiger charge is -2.45. The van der Waals surface area contributed by atoms with Crippen LogP contribution < -0.4 is 14.5 Å². The second-order valence-corrected chi connectivity index (χ2v) is 12.1. The van der Waals surface area contributed by atoms with Crippen LogP contribution in [0.2, 0.25) is 0 Å². The molecule has 44 heavy (non-hydrogen) atoms. The summed E-state index contributed by atoms with van der Waals surface area (Å²) in [5.41, 5.74) is 6.71. The number of carbonyl (C=O) groups is 4. The molecule has 7 nitrogen and oxygen atoms in total. The van der Waals surface area contributed by atoms with E-state index in [1.165, 1.54) is 4.90 Å². The molecule has 4 aromatic rings. The standard InChI is InChI=1S/C37H30N2O5/c1-2-21-10-3-8-17-29(21)38-20-22(18-30(38)40)37(43)44-24-12-9-11-23(19-24)39-35(41)33-31-25-13-4-5-14-26(25)32(34(33)36(39)42)28-16-7-6-15-27(28)31/h3-17,19,22,31-34H,2,18,20H2,1H3/t22-,31?,32?,33-,34-/m1/s1. The quantitative estimate of drug-likeness (QED) is 0.174. The number of anilines is 2. The second kappa shape index (κ2) is 10.0. The Morgan fingerprint density at radius 2 is 1.32 bits per heavy atom. The van der Waals surface area contributed by atoms with Gasteiger partial charge in [0.05, 0.1) is 23.4 Å². The third-order valence-corrected chi connectivity index (χ3v) is 9.86. The summed E-state index contributed by atoms with van der Waals surface area (Å²) in [5, 5.41) is 0. The Hall–Kier alpha value is -5.04. The van der Waals surface area contributed by atoms with Crippen LogP contribution in [0.15, 0.2) is 97.1 Å². The fourth-order valence-electron chi connectivity index (χ4n) is 7.99. The lowest BCUT2D eigenvalue weighted by atomic mass is 9.55. The van der Waals surface area contributed by atoms with E-state index in [0.717, 1.165) is 39.9 Å². The Labute approximate surface area is 255 Å². The van der Waals surface area contributed by atoms with Gasteiger partial charge in [0.25, 0.3) is 0 Å². The maximum atomic E-state index is 14.1. The van der Waals surface area contributed by atoms with E-state index in [9.17, 15) is 19.2 Å². The van der Waals surface area contributed by atoms with Crippen molar-refractivity contribution in [3.05, 3.63) is 125 Å². The van der Waals surface area contributed by atoms with Crippen molar-refractivity contribution in [2.45, 2.75) is 31.6 Å². The molecule has 218 valence electrons. The van der Waals surface area contributed by atoms with Gasteiger partial charge in [-0.2, -0.15) is 0 Å². The average molecular weight is 583 g/mol. The first kappa shape index (κ1) is 26.6. The van der Waals surface area contributed by atoms with Crippen LogP contribution in [-0.4, -0.2) is 30.2 Å². The van der Waals surface area contributed by atoms with Crippen LogP contribution in [0, 0.1) is 17.8 Å². The van der Waals surface area contributed by atoms with Gasteiger partial charge < -0.3 is 9.64 Å². The van der Waals surface area contributed by atoms with Crippen molar-refractivity contribution in [2.75, 3.05) is 16.3 Å². The molecule has 2 bridgehead atoms. The number of carbonyl (C=O) groups excluding carboxylic acids is 4. The number of imide groups is 1. The van der Waals surface area contributed by atoms with Crippen molar-refractivity contribution >= 4 is 35.1 Å². The number of para-hydroxylation sites is 1. The molecular weight excluding hydrogens is 552 g/mol. The first-order chi connectivity index (χ1) is 21.5. The van der Waals surface area contributed by atoms with E-state index in [1.807, 2.05) is 55.5 Å². The predicted octanol–water partition coefficient (Wildman–Crippen LogP) is 5.60. The molecule has 0 spiro atoms. The van der Waals surface area contributed by atoms with Crippen molar-refractivity contribution in [3.63, 3.8) is 0 Å². The Balaban J connectivity index is 1.06. The van der Waals surface area contributed by atoms with E-state index in [-0.39, 0.29) is 48.3 Å². The highest BCUT2D eigenvalue weighted by molar-refractivity contribution is 6.23. The lowest BCUT2D eigenvalue weighted by molar-refractivity contribution is -0.139. The van der Waals surface area contributed by atoms with Gasteiger partial charge in [-0.1, -0.05) is 79.7 Å². The minimum Gasteiger partial charge on any atom is -0.426 e. The third kappa shape index (κ3) is 3.81. The van der Waals surface area contributed by atoms with Crippen molar-refractivity contribution in [3.8, 4) is 5.75 Å². The SMILES string of the molecule is CCc1ccccc1N1C[C@H](C(=O)Oc2cccc(N3C(=O)[C@@H]4C5c6ccccc6C(c6ccccc65)[C@H]4C3=O)c2)CC1=O. The largest absolute Gasteiger partial charge is 0.426 e. The Morgan fingerprint density at radius 3 is 1.91 bits per heavy atom. The van der Waals surface area contributed by atoms with Gasteiger partial charge in [0.15, 0.2) is 0 Å². The number of esters is 1. The smallest absolute Gasteiger partial charge is 0.316 e. The van der Waals surface area contributed by atoms with E-state index >= 15 is 0 Å². The molecule has 3 aliphatic carbocycles. The fourth-order valence-corrected chi connectivity index (χ4v) is 7.99. The highest BCUT2D eigenvalue weighted by Gasteiger charge is 2.61. The van der Waals surface area contributed by atoms with Crippen LogP contribution in [0.3, 0.4) is 0 Å². The van der Waals surface area contributed by atoms with Crippen molar-refractivity contribution < 1.29 is 23.9 Å². The topological polar surface area (TPSA) is 84.0 Å². The van der Waals surface area contributed by atoms with Gasteiger partial charge in [-0.15, -0.1) is 0 Å². The summed E-state index contributed by atoms with van der Waals surface area (Å²) < 4.78 is 5.77. The van der Waals surface area contributed by atoms with Gasteiger partial charge in [-0.25, -0.2) is 4.90 Å². The minimum atomic E-state index is -0.623. The summed E-state index contributed by atoms with van der Waals surface area (Å²) in [7, 11) is 0. The highest BCUT2D eigenvalue weighted by Crippen LogP contribution is 2.61. The summed E-state index contributed by atoms with van der Waals surface area (Å²) in [5.74, 6) is -2.85. The summed E-state index contributed by atoms with van der Waals surface area (Å²) in [6.07, 6.45) is 0.837. The van der Waals surface area contributed by atoms with Crippen LogP contribution in [0.5, 0.6) is 5.75 Å². The van der Waals surface area contributed by atoms with E-state index in [2.05, 4.69) is 24.3 Å². The monoisotopic (exact) mass is 582 g/mol. The van der Waals surface area contributed by atoms with Crippen LogP contribution in [0.1, 0.15) is 53.0 Å². The van der Waals surface area contributed by atoms with Crippen molar-refractivity contribution in [1.82, 2.24) is 0 Å². The van der Waals surface area contributed by atoms with E-state index in [0.29, 0.717) is 5.69 Å². The zero-order valence-electron chi connectivity index (χ0n) is 24.2. The maximum absolute atomic E-state index is 14.1. The number of amides is 3. The van der Waals surface area contributed by atoms with Gasteiger partial charge in [-0.3, -0.25) is 19.2 Å². The molecule has 4 aromatic carbocycles. The molecule has 2 saturated heterocycles. The Morgan fingerprint density at radius 1 is 0.750 bits per heavy atom. The van der Waals surface area contributed by atoms with Crippen molar-refractivity contribution in [1.29, 1.82) is 0 Å². The maximum Gasteiger partial charge on any atom is 0.316 e. The fraction of sp³-hybridized carbons (Fsp3) is 0.243. The van der Waals surface area contributed by atoms with Gasteiger partial charge in [-0.05, 0) is 52.4 Å². The van der Waals surface area contributed by atoms with Crippen LogP contribution in [-0.2, 0) is 25.6 Å². The zero-order valence-corrected chi connectivity index (χ0v) is 24.2. The highest BCUT2D eigenvalue weighted by atomic mass is 16.5. The molecule has 7 heteroatoms. The molecule has 0 saturated carbocycles.